The average molecular weight is 356 g/mol. The van der Waals surface area contributed by atoms with Crippen LogP contribution in [-0.4, -0.2) is 23.6 Å². The second kappa shape index (κ2) is 6.49. The molecule has 0 radical (unpaired) electrons. The molecule has 0 bridgehead atoms. The van der Waals surface area contributed by atoms with Crippen molar-refractivity contribution in [2.75, 3.05) is 11.9 Å². The van der Waals surface area contributed by atoms with Gasteiger partial charge in [0.05, 0.1) is 5.69 Å². The summed E-state index contributed by atoms with van der Waals surface area (Å²) in [6, 6.07) is 7.66. The number of primary amides is 1. The number of halogens is 1. The van der Waals surface area contributed by atoms with Crippen LogP contribution in [0.15, 0.2) is 34.1 Å². The van der Waals surface area contributed by atoms with Crippen LogP contribution in [0, 0.1) is 0 Å². The Morgan fingerprint density at radius 3 is 2.95 bits per heavy atom. The highest BCUT2D eigenvalue weighted by molar-refractivity contribution is 9.10. The van der Waals surface area contributed by atoms with Gasteiger partial charge in [0.1, 0.15) is 0 Å². The Bertz CT molecular complexity index is 644. The van der Waals surface area contributed by atoms with Crippen molar-refractivity contribution in [2.45, 2.75) is 0 Å². The minimum Gasteiger partial charge on any atom is -0.440 e. The van der Waals surface area contributed by atoms with Crippen molar-refractivity contribution < 1.29 is 14.3 Å². The summed E-state index contributed by atoms with van der Waals surface area (Å²) in [6.45, 7) is -0.429. The molecule has 6 nitrogen and oxygen atoms in total. The number of nitrogens with zero attached hydrogens (tertiary/aromatic N) is 1. The zero-order chi connectivity index (χ0) is 14.5. The number of benzene rings is 1. The molecule has 2 rings (SSSR count). The smallest absolute Gasteiger partial charge is 0.405 e. The van der Waals surface area contributed by atoms with E-state index in [0.29, 0.717) is 5.13 Å². The fourth-order valence-electron chi connectivity index (χ4n) is 1.40. The van der Waals surface area contributed by atoms with Crippen LogP contribution in [0.25, 0.3) is 11.3 Å². The van der Waals surface area contributed by atoms with Gasteiger partial charge < -0.3 is 10.5 Å². The number of hydrogen-bond donors (Lipinski definition) is 2. The number of nitrogens with two attached hydrogens (primary N) is 1. The number of ether oxygens (including phenoxy) is 1. The standard InChI is InChI=1S/C12H10BrN3O3S/c13-8-3-1-2-7(4-8)9-6-20-12(15-9)16-10(17)5-19-11(14)18/h1-4,6H,5H2,(H2,14,18)(H,15,16,17). The summed E-state index contributed by atoms with van der Waals surface area (Å²) in [6.07, 6.45) is -0.992. The first-order valence-corrected chi connectivity index (χ1v) is 7.15. The highest BCUT2D eigenvalue weighted by Crippen LogP contribution is 2.26. The normalized spacial score (nSPS) is 10.1. The number of thiazole rings is 1. The number of amides is 2. The SMILES string of the molecule is NC(=O)OCC(=O)Nc1nc(-c2cccc(Br)c2)cs1. The van der Waals surface area contributed by atoms with Crippen LogP contribution >= 0.6 is 27.3 Å². The predicted molar refractivity (Wildman–Crippen MR) is 79.4 cm³/mol. The number of rotatable bonds is 4. The highest BCUT2D eigenvalue weighted by atomic mass is 79.9. The van der Waals surface area contributed by atoms with Crippen LogP contribution < -0.4 is 11.1 Å². The molecule has 1 heterocycles. The number of anilines is 1. The van der Waals surface area contributed by atoms with E-state index in [-0.39, 0.29) is 0 Å². The third kappa shape index (κ3) is 4.04. The maximum Gasteiger partial charge on any atom is 0.405 e. The Hall–Kier alpha value is -1.93. The number of aromatic nitrogens is 1. The maximum absolute atomic E-state index is 11.4. The summed E-state index contributed by atoms with van der Waals surface area (Å²) in [5.74, 6) is -0.487. The molecule has 8 heteroatoms. The van der Waals surface area contributed by atoms with E-state index in [1.807, 2.05) is 29.6 Å². The Morgan fingerprint density at radius 1 is 1.45 bits per heavy atom. The second-order valence-electron chi connectivity index (χ2n) is 3.70. The molecule has 0 saturated carbocycles. The molecule has 0 spiro atoms. The van der Waals surface area contributed by atoms with Crippen molar-refractivity contribution in [1.29, 1.82) is 0 Å². The summed E-state index contributed by atoms with van der Waals surface area (Å²) in [7, 11) is 0. The van der Waals surface area contributed by atoms with E-state index in [9.17, 15) is 9.59 Å². The van der Waals surface area contributed by atoms with Gasteiger partial charge in [0.2, 0.25) is 0 Å². The summed E-state index contributed by atoms with van der Waals surface area (Å²) >= 11 is 4.67. The summed E-state index contributed by atoms with van der Waals surface area (Å²) in [4.78, 5) is 26.1. The lowest BCUT2D eigenvalue weighted by molar-refractivity contribution is -0.118. The maximum atomic E-state index is 11.4. The van der Waals surface area contributed by atoms with Gasteiger partial charge in [-0.2, -0.15) is 0 Å². The van der Waals surface area contributed by atoms with Crippen molar-refractivity contribution in [3.05, 3.63) is 34.1 Å². The molecule has 3 N–H and O–H groups in total. The Balaban J connectivity index is 2.02. The summed E-state index contributed by atoms with van der Waals surface area (Å²) < 4.78 is 5.33. The molecule has 0 unspecified atom stereocenters. The minimum atomic E-state index is -0.992. The van der Waals surface area contributed by atoms with Gasteiger partial charge in [0.25, 0.3) is 5.91 Å². The molecule has 0 saturated heterocycles. The predicted octanol–water partition coefficient (Wildman–Crippen LogP) is 2.61. The van der Waals surface area contributed by atoms with Crippen LogP contribution in [0.5, 0.6) is 0 Å². The van der Waals surface area contributed by atoms with E-state index >= 15 is 0 Å². The minimum absolute atomic E-state index is 0.429. The molecule has 0 aliphatic carbocycles. The van der Waals surface area contributed by atoms with Crippen LogP contribution in [0.3, 0.4) is 0 Å². The van der Waals surface area contributed by atoms with E-state index in [1.54, 1.807) is 0 Å². The van der Waals surface area contributed by atoms with Gasteiger partial charge in [-0.05, 0) is 12.1 Å². The quantitative estimate of drug-likeness (QED) is 0.881. The Kier molecular flexibility index (Phi) is 4.70. The van der Waals surface area contributed by atoms with Gasteiger partial charge in [-0.15, -0.1) is 11.3 Å². The van der Waals surface area contributed by atoms with Gasteiger partial charge in [-0.3, -0.25) is 10.1 Å². The number of hydrogen-bond acceptors (Lipinski definition) is 5. The van der Waals surface area contributed by atoms with Gasteiger partial charge in [-0.1, -0.05) is 28.1 Å². The first kappa shape index (κ1) is 14.5. The first-order valence-electron chi connectivity index (χ1n) is 5.48. The zero-order valence-electron chi connectivity index (χ0n) is 10.1. The van der Waals surface area contributed by atoms with E-state index in [4.69, 9.17) is 5.73 Å². The van der Waals surface area contributed by atoms with Gasteiger partial charge >= 0.3 is 6.09 Å². The fourth-order valence-corrected chi connectivity index (χ4v) is 2.54. The number of carbonyl (C=O) groups excluding carboxylic acids is 2. The largest absolute Gasteiger partial charge is 0.440 e. The Morgan fingerprint density at radius 2 is 2.25 bits per heavy atom. The molecule has 1 aromatic heterocycles. The topological polar surface area (TPSA) is 94.3 Å². The van der Waals surface area contributed by atoms with E-state index in [0.717, 1.165) is 15.7 Å². The number of nitrogens with one attached hydrogen (secondary N) is 1. The first-order chi connectivity index (χ1) is 9.54. The van der Waals surface area contributed by atoms with E-state index in [1.165, 1.54) is 11.3 Å². The zero-order valence-corrected chi connectivity index (χ0v) is 12.5. The monoisotopic (exact) mass is 355 g/mol. The van der Waals surface area contributed by atoms with Crippen LogP contribution in [0.1, 0.15) is 0 Å². The van der Waals surface area contributed by atoms with Crippen LogP contribution in [0.4, 0.5) is 9.93 Å². The van der Waals surface area contributed by atoms with Crippen molar-refractivity contribution in [3.8, 4) is 11.3 Å². The molecule has 104 valence electrons. The van der Waals surface area contributed by atoms with Crippen molar-refractivity contribution >= 4 is 44.4 Å². The van der Waals surface area contributed by atoms with Gasteiger partial charge in [-0.25, -0.2) is 9.78 Å². The van der Waals surface area contributed by atoms with Gasteiger partial charge in [0.15, 0.2) is 11.7 Å². The number of carbonyl (C=O) groups is 2. The molecule has 1 aromatic carbocycles. The highest BCUT2D eigenvalue weighted by Gasteiger charge is 2.09. The summed E-state index contributed by atoms with van der Waals surface area (Å²) in [5.41, 5.74) is 6.46. The van der Waals surface area contributed by atoms with Crippen molar-refractivity contribution in [1.82, 2.24) is 4.98 Å². The van der Waals surface area contributed by atoms with Crippen LogP contribution in [0.2, 0.25) is 0 Å². The Labute approximate surface area is 127 Å². The van der Waals surface area contributed by atoms with Gasteiger partial charge in [0, 0.05) is 15.4 Å². The van der Waals surface area contributed by atoms with Crippen molar-refractivity contribution in [3.63, 3.8) is 0 Å². The average Bonchev–Trinajstić information content (AvgIpc) is 2.85. The lowest BCUT2D eigenvalue weighted by atomic mass is 10.2. The molecule has 2 amide bonds. The third-order valence-corrected chi connectivity index (χ3v) is 3.47. The summed E-state index contributed by atoms with van der Waals surface area (Å²) in [5, 5.41) is 4.78. The van der Waals surface area contributed by atoms with Crippen LogP contribution in [-0.2, 0) is 9.53 Å². The molecular formula is C12H10BrN3O3S. The molecule has 20 heavy (non-hydrogen) atoms. The fraction of sp³-hybridized carbons (Fsp3) is 0.0833. The molecule has 2 aromatic rings. The lowest BCUT2D eigenvalue weighted by Gasteiger charge is -2.01. The lowest BCUT2D eigenvalue weighted by Crippen LogP contribution is -2.23. The second-order valence-corrected chi connectivity index (χ2v) is 5.48. The van der Waals surface area contributed by atoms with Crippen molar-refractivity contribution in [2.24, 2.45) is 5.73 Å². The molecular weight excluding hydrogens is 346 g/mol. The molecule has 0 aliphatic rings. The van der Waals surface area contributed by atoms with E-state index < -0.39 is 18.6 Å². The molecule has 0 atom stereocenters. The third-order valence-electron chi connectivity index (χ3n) is 2.22. The molecule has 0 fully saturated rings. The van der Waals surface area contributed by atoms with E-state index in [2.05, 4.69) is 31.0 Å². The molecule has 0 aliphatic heterocycles.